The number of nitrogens with one attached hydrogen (secondary N) is 2. The molecule has 7 N–H and O–H groups in total. The van der Waals surface area contributed by atoms with Gasteiger partial charge in [-0.05, 0) is 32.6 Å². The summed E-state index contributed by atoms with van der Waals surface area (Å²) in [5.74, 6) is -2.77. The van der Waals surface area contributed by atoms with Gasteiger partial charge in [0.05, 0.1) is 6.04 Å². The monoisotopic (exact) mass is 345 g/mol. The quantitative estimate of drug-likeness (QED) is 0.276. The van der Waals surface area contributed by atoms with Crippen LogP contribution in [0.25, 0.3) is 0 Å². The maximum Gasteiger partial charge on any atom is 0.393 e. The van der Waals surface area contributed by atoms with Crippen molar-refractivity contribution in [2.75, 3.05) is 6.54 Å². The van der Waals surface area contributed by atoms with Gasteiger partial charge in [-0.3, -0.25) is 14.4 Å². The van der Waals surface area contributed by atoms with Gasteiger partial charge in [-0.2, -0.15) is 0 Å². The fraction of sp³-hybridized carbons (Fsp3) is 0.769. The molecule has 1 heterocycles. The molecule has 1 aliphatic heterocycles. The summed E-state index contributed by atoms with van der Waals surface area (Å²) in [5.41, 5.74) is 5.44. The van der Waals surface area contributed by atoms with E-state index < -0.39 is 48.5 Å². The van der Waals surface area contributed by atoms with Gasteiger partial charge in [-0.15, -0.1) is 0 Å². The fourth-order valence-corrected chi connectivity index (χ4v) is 2.39. The highest BCUT2D eigenvalue weighted by Crippen LogP contribution is 2.19. The minimum atomic E-state index is -3.70. The van der Waals surface area contributed by atoms with Gasteiger partial charge in [-0.25, -0.2) is 0 Å². The van der Waals surface area contributed by atoms with Gasteiger partial charge in [0, 0.05) is 6.54 Å². The lowest BCUT2D eigenvalue weighted by molar-refractivity contribution is -0.141. The zero-order valence-electron chi connectivity index (χ0n) is 14.1. The van der Waals surface area contributed by atoms with E-state index >= 15 is 0 Å². The molecule has 24 heavy (non-hydrogen) atoms. The summed E-state index contributed by atoms with van der Waals surface area (Å²) >= 11 is 0. The van der Waals surface area contributed by atoms with Crippen LogP contribution in [0.1, 0.15) is 33.6 Å². The van der Waals surface area contributed by atoms with Crippen molar-refractivity contribution in [3.8, 4) is 0 Å². The molecule has 1 saturated heterocycles. The number of hydrogen-bond donors (Lipinski definition) is 6. The average molecular weight is 345 g/mol. The molecule has 0 bridgehead atoms. The number of nitrogens with zero attached hydrogens (tertiary/aromatic N) is 1. The summed E-state index contributed by atoms with van der Waals surface area (Å²) in [6, 6.07) is -2.40. The van der Waals surface area contributed by atoms with Crippen LogP contribution in [0, 0.1) is 0 Å². The molecule has 0 aromatic heterocycles. The molecule has 0 aliphatic carbocycles. The summed E-state index contributed by atoms with van der Waals surface area (Å²) in [4.78, 5) is 37.6. The second-order valence-electron chi connectivity index (χ2n) is 6.30. The van der Waals surface area contributed by atoms with Gasteiger partial charge in [0.15, 0.2) is 0 Å². The zero-order valence-corrected chi connectivity index (χ0v) is 14.1. The molecular weight excluding hydrogens is 319 g/mol. The molecule has 3 amide bonds. The van der Waals surface area contributed by atoms with E-state index in [-0.39, 0.29) is 0 Å². The van der Waals surface area contributed by atoms with Gasteiger partial charge < -0.3 is 36.3 Å². The van der Waals surface area contributed by atoms with Crippen LogP contribution in [0.15, 0.2) is 0 Å². The number of carbonyl (C=O) groups is 3. The number of rotatable bonds is 6. The first-order valence-electron chi connectivity index (χ1n) is 7.94. The molecule has 11 heteroatoms. The van der Waals surface area contributed by atoms with E-state index in [9.17, 15) is 14.4 Å². The first kappa shape index (κ1) is 20.4. The van der Waals surface area contributed by atoms with Crippen molar-refractivity contribution >= 4 is 24.5 Å². The Morgan fingerprint density at radius 3 is 2.25 bits per heavy atom. The number of likely N-dealkylation sites (tertiary alicyclic amines) is 1. The van der Waals surface area contributed by atoms with Crippen molar-refractivity contribution in [2.45, 2.75) is 57.7 Å². The van der Waals surface area contributed by atoms with Gasteiger partial charge in [0.2, 0.25) is 17.7 Å². The second kappa shape index (κ2) is 7.93. The Hall–Kier alpha value is -1.69. The highest BCUT2D eigenvalue weighted by atomic mass is 16.5. The van der Waals surface area contributed by atoms with E-state index in [2.05, 4.69) is 10.6 Å². The Bertz CT molecular complexity index is 495. The second-order valence-corrected chi connectivity index (χ2v) is 6.30. The van der Waals surface area contributed by atoms with E-state index in [0.29, 0.717) is 19.4 Å². The highest BCUT2D eigenvalue weighted by Gasteiger charge is 2.38. The first-order valence-corrected chi connectivity index (χ1v) is 7.94. The van der Waals surface area contributed by atoms with Crippen LogP contribution in [0.4, 0.5) is 0 Å². The predicted molar refractivity (Wildman–Crippen MR) is 86.0 cm³/mol. The average Bonchev–Trinajstić information content (AvgIpc) is 2.94. The SMILES string of the molecule is C[C@H](N)C(=O)N[C@@H](C)C(=O)N1CCC[C@H]1C(=O)N[C@@H](C)[B-](O)(O)O. The fourth-order valence-electron chi connectivity index (χ4n) is 2.39. The van der Waals surface area contributed by atoms with Crippen molar-refractivity contribution in [1.82, 2.24) is 15.5 Å². The van der Waals surface area contributed by atoms with Crippen molar-refractivity contribution in [3.05, 3.63) is 0 Å². The number of carbonyl (C=O) groups excluding carboxylic acids is 3. The Labute approximate surface area is 140 Å². The Kier molecular flexibility index (Phi) is 6.72. The van der Waals surface area contributed by atoms with E-state index in [1.54, 1.807) is 0 Å². The van der Waals surface area contributed by atoms with E-state index in [1.807, 2.05) is 0 Å². The van der Waals surface area contributed by atoms with Crippen LogP contribution in [0.2, 0.25) is 0 Å². The molecule has 0 saturated carbocycles. The minimum absolute atomic E-state index is 0.345. The third-order valence-corrected chi connectivity index (χ3v) is 4.02. The topological polar surface area (TPSA) is 165 Å². The molecule has 138 valence electrons. The minimum Gasteiger partial charge on any atom is -0.558 e. The van der Waals surface area contributed by atoms with Crippen LogP contribution in [0.3, 0.4) is 0 Å². The first-order chi connectivity index (χ1) is 10.9. The molecule has 10 nitrogen and oxygen atoms in total. The predicted octanol–water partition coefficient (Wildman–Crippen LogP) is -3.21. The summed E-state index contributed by atoms with van der Waals surface area (Å²) in [7, 11) is 0. The van der Waals surface area contributed by atoms with Crippen molar-refractivity contribution in [2.24, 2.45) is 5.73 Å². The molecule has 1 fully saturated rings. The maximum absolute atomic E-state index is 12.4. The molecule has 0 radical (unpaired) electrons. The van der Waals surface area contributed by atoms with Gasteiger partial charge >= 0.3 is 6.75 Å². The van der Waals surface area contributed by atoms with Crippen LogP contribution in [-0.4, -0.2) is 75.1 Å². The van der Waals surface area contributed by atoms with Gasteiger partial charge in [0.25, 0.3) is 0 Å². The lowest BCUT2D eigenvalue weighted by Crippen LogP contribution is -2.60. The number of nitrogens with two attached hydrogens (primary N) is 1. The Balaban J connectivity index is 2.72. The lowest BCUT2D eigenvalue weighted by atomic mass is 9.71. The molecule has 0 aromatic rings. The largest absolute Gasteiger partial charge is 0.558 e. The molecule has 4 atom stereocenters. The van der Waals surface area contributed by atoms with Crippen LogP contribution in [-0.2, 0) is 14.4 Å². The Morgan fingerprint density at radius 1 is 1.17 bits per heavy atom. The summed E-state index contributed by atoms with van der Waals surface area (Å²) in [6.45, 7) is 0.881. The molecule has 0 unspecified atom stereocenters. The maximum atomic E-state index is 12.4. The standard InChI is InChI=1S/C13H26BN4O6/c1-7(15)11(19)16-8(2)13(21)18-6-4-5-10(18)12(20)17-9(3)14(22,23)24/h7-10,22-24H,4-6,15H2,1-3H3,(H,16,19)(H,17,20)/q-1/t7-,8-,9-,10-/m0/s1. The molecule has 1 rings (SSSR count). The zero-order chi connectivity index (χ0) is 18.7. The summed E-state index contributed by atoms with van der Waals surface area (Å²) < 4.78 is 0. The Morgan fingerprint density at radius 2 is 1.75 bits per heavy atom. The number of hydrogen-bond acceptors (Lipinski definition) is 7. The third-order valence-electron chi connectivity index (χ3n) is 4.02. The van der Waals surface area contributed by atoms with Gasteiger partial charge in [0.1, 0.15) is 12.1 Å². The van der Waals surface area contributed by atoms with Crippen molar-refractivity contribution in [1.29, 1.82) is 0 Å². The van der Waals surface area contributed by atoms with Crippen LogP contribution >= 0.6 is 0 Å². The van der Waals surface area contributed by atoms with E-state index in [0.717, 1.165) is 0 Å². The van der Waals surface area contributed by atoms with E-state index in [1.165, 1.54) is 25.7 Å². The normalized spacial score (nSPS) is 21.8. The van der Waals surface area contributed by atoms with Crippen LogP contribution in [0.5, 0.6) is 0 Å². The van der Waals surface area contributed by atoms with Crippen molar-refractivity contribution < 1.29 is 29.5 Å². The summed E-state index contributed by atoms with van der Waals surface area (Å²) in [5, 5.41) is 32.1. The van der Waals surface area contributed by atoms with Crippen molar-refractivity contribution in [3.63, 3.8) is 0 Å². The smallest absolute Gasteiger partial charge is 0.393 e. The molecular formula is C13H26BN4O6-. The van der Waals surface area contributed by atoms with Gasteiger partial charge in [-0.1, -0.05) is 6.92 Å². The third kappa shape index (κ3) is 5.16. The molecule has 0 aromatic carbocycles. The lowest BCUT2D eigenvalue weighted by Gasteiger charge is -2.32. The van der Waals surface area contributed by atoms with Crippen LogP contribution < -0.4 is 16.4 Å². The molecule has 1 aliphatic rings. The molecule has 0 spiro atoms. The highest BCUT2D eigenvalue weighted by molar-refractivity contribution is 6.58. The van der Waals surface area contributed by atoms with E-state index in [4.69, 9.17) is 20.8 Å². The summed E-state index contributed by atoms with van der Waals surface area (Å²) in [6.07, 6.45) is 1.00. The number of amides is 3.